The number of thiazole rings is 1. The Hall–Kier alpha value is -1.42. The highest BCUT2D eigenvalue weighted by atomic mass is 32.1. The van der Waals surface area contributed by atoms with E-state index in [4.69, 9.17) is 5.11 Å². The quantitative estimate of drug-likeness (QED) is 0.884. The van der Waals surface area contributed by atoms with Gasteiger partial charge in [-0.15, -0.1) is 11.3 Å². The molecule has 0 saturated heterocycles. The van der Waals surface area contributed by atoms with Crippen molar-refractivity contribution in [3.63, 3.8) is 0 Å². The number of carboxylic acids is 1. The maximum atomic E-state index is 11.1. The van der Waals surface area contributed by atoms with Gasteiger partial charge < -0.3 is 5.11 Å². The Balaban J connectivity index is 2.19. The van der Waals surface area contributed by atoms with Crippen LogP contribution in [-0.4, -0.2) is 16.1 Å². The summed E-state index contributed by atoms with van der Waals surface area (Å²) in [6.45, 7) is 2.01. The molecule has 1 N–H and O–H groups in total. The Kier molecular flexibility index (Phi) is 3.74. The number of carbonyl (C=O) groups is 1. The highest BCUT2D eigenvalue weighted by Gasteiger charge is 2.18. The smallest absolute Gasteiger partial charge is 0.306 e. The van der Waals surface area contributed by atoms with Gasteiger partial charge in [-0.2, -0.15) is 0 Å². The summed E-state index contributed by atoms with van der Waals surface area (Å²) >= 11 is 1.59. The molecule has 1 atom stereocenters. The maximum absolute atomic E-state index is 11.1. The number of para-hydroxylation sites is 1. The average molecular weight is 249 g/mol. The fourth-order valence-corrected chi connectivity index (χ4v) is 2.93. The molecule has 1 heterocycles. The van der Waals surface area contributed by atoms with Crippen LogP contribution < -0.4 is 0 Å². The first kappa shape index (κ1) is 12.0. The molecule has 0 aliphatic carbocycles. The molecule has 17 heavy (non-hydrogen) atoms. The predicted molar refractivity (Wildman–Crippen MR) is 69.4 cm³/mol. The lowest BCUT2D eigenvalue weighted by Crippen LogP contribution is -2.16. The average Bonchev–Trinajstić information content (AvgIpc) is 2.70. The fraction of sp³-hybridized carbons (Fsp3) is 0.385. The van der Waals surface area contributed by atoms with Crippen molar-refractivity contribution >= 4 is 27.5 Å². The van der Waals surface area contributed by atoms with Crippen molar-refractivity contribution < 1.29 is 9.90 Å². The molecule has 0 aliphatic rings. The van der Waals surface area contributed by atoms with E-state index in [1.165, 1.54) is 0 Å². The summed E-state index contributed by atoms with van der Waals surface area (Å²) in [5.74, 6) is -1.02. The van der Waals surface area contributed by atoms with Crippen molar-refractivity contribution in [3.8, 4) is 0 Å². The van der Waals surface area contributed by atoms with Crippen LogP contribution in [0.3, 0.4) is 0 Å². The number of aromatic nitrogens is 1. The monoisotopic (exact) mass is 249 g/mol. The molecule has 0 bridgehead atoms. The Morgan fingerprint density at radius 1 is 1.47 bits per heavy atom. The van der Waals surface area contributed by atoms with E-state index in [9.17, 15) is 4.79 Å². The zero-order chi connectivity index (χ0) is 12.3. The summed E-state index contributed by atoms with van der Waals surface area (Å²) in [5.41, 5.74) is 0.966. The minimum atomic E-state index is -0.717. The molecule has 2 aromatic rings. The molecule has 0 aliphatic heterocycles. The molecule has 1 aromatic heterocycles. The zero-order valence-corrected chi connectivity index (χ0v) is 10.5. The van der Waals surface area contributed by atoms with Crippen LogP contribution in [0.1, 0.15) is 24.8 Å². The summed E-state index contributed by atoms with van der Waals surface area (Å²) in [7, 11) is 0. The van der Waals surface area contributed by atoms with Crippen molar-refractivity contribution in [2.45, 2.75) is 26.2 Å². The van der Waals surface area contributed by atoms with Gasteiger partial charge in [0.2, 0.25) is 0 Å². The predicted octanol–water partition coefficient (Wildman–Crippen LogP) is 3.34. The largest absolute Gasteiger partial charge is 0.481 e. The molecule has 4 heteroatoms. The summed E-state index contributed by atoms with van der Waals surface area (Å²) in [4.78, 5) is 15.6. The normalized spacial score (nSPS) is 12.8. The number of rotatable bonds is 5. The van der Waals surface area contributed by atoms with Crippen LogP contribution in [0.5, 0.6) is 0 Å². The summed E-state index contributed by atoms with van der Waals surface area (Å²) in [5, 5.41) is 10.0. The number of benzene rings is 1. The lowest BCUT2D eigenvalue weighted by atomic mass is 10.0. The van der Waals surface area contributed by atoms with E-state index in [0.717, 1.165) is 21.6 Å². The van der Waals surface area contributed by atoms with Crippen LogP contribution in [0.2, 0.25) is 0 Å². The molecule has 1 unspecified atom stereocenters. The minimum Gasteiger partial charge on any atom is -0.481 e. The third kappa shape index (κ3) is 2.82. The number of carboxylic acid groups (broad SMARTS) is 1. The highest BCUT2D eigenvalue weighted by molar-refractivity contribution is 7.18. The van der Waals surface area contributed by atoms with Gasteiger partial charge in [0.15, 0.2) is 0 Å². The lowest BCUT2D eigenvalue weighted by molar-refractivity contribution is -0.141. The van der Waals surface area contributed by atoms with Crippen LogP contribution in [0.25, 0.3) is 10.2 Å². The second-order valence-electron chi connectivity index (χ2n) is 4.10. The first-order valence-corrected chi connectivity index (χ1v) is 6.59. The molecule has 0 saturated carbocycles. The van der Waals surface area contributed by atoms with Crippen LogP contribution in [0.4, 0.5) is 0 Å². The molecule has 0 radical (unpaired) electrons. The molecular formula is C13H15NO2S. The van der Waals surface area contributed by atoms with Crippen molar-refractivity contribution in [3.05, 3.63) is 29.3 Å². The molecular weight excluding hydrogens is 234 g/mol. The number of hydrogen-bond acceptors (Lipinski definition) is 3. The Labute approximate surface area is 104 Å². The first-order chi connectivity index (χ1) is 8.20. The molecule has 1 aromatic carbocycles. The van der Waals surface area contributed by atoms with Gasteiger partial charge >= 0.3 is 5.97 Å². The van der Waals surface area contributed by atoms with E-state index in [2.05, 4.69) is 4.98 Å². The molecule has 0 fully saturated rings. The second-order valence-corrected chi connectivity index (χ2v) is 5.22. The van der Waals surface area contributed by atoms with Crippen LogP contribution in [0.15, 0.2) is 24.3 Å². The lowest BCUT2D eigenvalue weighted by Gasteiger charge is -2.08. The molecule has 90 valence electrons. The first-order valence-electron chi connectivity index (χ1n) is 5.78. The van der Waals surface area contributed by atoms with E-state index in [1.54, 1.807) is 11.3 Å². The molecule has 0 amide bonds. The number of nitrogens with zero attached hydrogens (tertiary/aromatic N) is 1. The number of fused-ring (bicyclic) bond motifs is 1. The van der Waals surface area contributed by atoms with Gasteiger partial charge in [0.1, 0.15) is 0 Å². The van der Waals surface area contributed by atoms with Crippen molar-refractivity contribution in [1.82, 2.24) is 4.98 Å². The topological polar surface area (TPSA) is 50.2 Å². The van der Waals surface area contributed by atoms with Gasteiger partial charge in [-0.3, -0.25) is 4.79 Å². The van der Waals surface area contributed by atoms with E-state index in [1.807, 2.05) is 31.2 Å². The van der Waals surface area contributed by atoms with Gasteiger partial charge in [0.25, 0.3) is 0 Å². The van der Waals surface area contributed by atoms with Crippen LogP contribution in [0, 0.1) is 5.92 Å². The van der Waals surface area contributed by atoms with Crippen LogP contribution in [-0.2, 0) is 11.2 Å². The Morgan fingerprint density at radius 3 is 2.88 bits per heavy atom. The zero-order valence-electron chi connectivity index (χ0n) is 9.72. The third-order valence-corrected chi connectivity index (χ3v) is 3.80. The van der Waals surface area contributed by atoms with Gasteiger partial charge in [-0.1, -0.05) is 25.5 Å². The summed E-state index contributed by atoms with van der Waals surface area (Å²) in [6, 6.07) is 7.91. The number of aliphatic carboxylic acids is 1. The van der Waals surface area contributed by atoms with Gasteiger partial charge in [0, 0.05) is 6.42 Å². The summed E-state index contributed by atoms with van der Waals surface area (Å²) < 4.78 is 1.13. The van der Waals surface area contributed by atoms with Gasteiger partial charge in [-0.05, 0) is 18.6 Å². The van der Waals surface area contributed by atoms with Crippen molar-refractivity contribution in [2.75, 3.05) is 0 Å². The van der Waals surface area contributed by atoms with E-state index in [0.29, 0.717) is 12.8 Å². The number of hydrogen-bond donors (Lipinski definition) is 1. The van der Waals surface area contributed by atoms with Gasteiger partial charge in [-0.25, -0.2) is 4.98 Å². The maximum Gasteiger partial charge on any atom is 0.306 e. The van der Waals surface area contributed by atoms with E-state index < -0.39 is 5.97 Å². The Bertz CT molecular complexity index is 488. The van der Waals surface area contributed by atoms with Gasteiger partial charge in [0.05, 0.1) is 21.1 Å². The third-order valence-electron chi connectivity index (χ3n) is 2.75. The second kappa shape index (κ2) is 5.27. The van der Waals surface area contributed by atoms with Crippen molar-refractivity contribution in [2.24, 2.45) is 5.92 Å². The standard InChI is InChI=1S/C13H15NO2S/c1-2-5-9(13(15)16)8-12-14-10-6-3-4-7-11(10)17-12/h3-4,6-7,9H,2,5,8H2,1H3,(H,15,16). The highest BCUT2D eigenvalue weighted by Crippen LogP contribution is 2.24. The van der Waals surface area contributed by atoms with Crippen molar-refractivity contribution in [1.29, 1.82) is 0 Å². The Morgan fingerprint density at radius 2 is 2.24 bits per heavy atom. The fourth-order valence-electron chi connectivity index (χ4n) is 1.88. The molecule has 2 rings (SSSR count). The van der Waals surface area contributed by atoms with E-state index >= 15 is 0 Å². The molecule has 0 spiro atoms. The summed E-state index contributed by atoms with van der Waals surface area (Å²) in [6.07, 6.45) is 2.15. The minimum absolute atomic E-state index is 0.305. The van der Waals surface area contributed by atoms with Crippen LogP contribution >= 0.6 is 11.3 Å². The van der Waals surface area contributed by atoms with E-state index in [-0.39, 0.29) is 5.92 Å². The SMILES string of the molecule is CCCC(Cc1nc2ccccc2s1)C(=O)O. The molecule has 3 nitrogen and oxygen atoms in total.